The maximum absolute atomic E-state index is 10.8. The molecule has 2 unspecified atom stereocenters. The quantitative estimate of drug-likeness (QED) is 0.785. The zero-order valence-electron chi connectivity index (χ0n) is 12.7. The Morgan fingerprint density at radius 1 is 0.895 bits per heavy atom. The smallest absolute Gasteiger partial charge is 0.0715 e. The van der Waals surface area contributed by atoms with Crippen molar-refractivity contribution in [1.82, 2.24) is 0 Å². The molecule has 108 valence electrons. The summed E-state index contributed by atoms with van der Waals surface area (Å²) in [5.41, 5.74) is -0.775. The van der Waals surface area contributed by atoms with E-state index in [4.69, 9.17) is 0 Å². The molecule has 0 aliphatic rings. The SMILES string of the molecule is CCCC(C)(O)C(c1ccccc1)C(C)(O)CCC. The second kappa shape index (κ2) is 6.53. The van der Waals surface area contributed by atoms with Crippen LogP contribution in [0.3, 0.4) is 0 Å². The van der Waals surface area contributed by atoms with Crippen molar-refractivity contribution in [3.05, 3.63) is 35.9 Å². The van der Waals surface area contributed by atoms with Crippen molar-refractivity contribution in [2.45, 2.75) is 70.5 Å². The molecule has 0 heterocycles. The first-order valence-corrected chi connectivity index (χ1v) is 7.35. The summed E-state index contributed by atoms with van der Waals surface area (Å²) in [6, 6.07) is 9.89. The number of hydrogen-bond donors (Lipinski definition) is 2. The summed E-state index contributed by atoms with van der Waals surface area (Å²) in [5, 5.41) is 21.7. The molecule has 0 aliphatic carbocycles. The van der Waals surface area contributed by atoms with E-state index in [0.717, 1.165) is 18.4 Å². The van der Waals surface area contributed by atoms with Gasteiger partial charge in [-0.15, -0.1) is 0 Å². The maximum Gasteiger partial charge on any atom is 0.0715 e. The van der Waals surface area contributed by atoms with Gasteiger partial charge in [-0.2, -0.15) is 0 Å². The number of aliphatic hydroxyl groups is 2. The van der Waals surface area contributed by atoms with Crippen LogP contribution >= 0.6 is 0 Å². The van der Waals surface area contributed by atoms with Crippen molar-refractivity contribution in [3.63, 3.8) is 0 Å². The standard InChI is InChI=1S/C17H28O2/c1-5-12-16(3,18)15(17(4,19)13-6-2)14-10-8-7-9-11-14/h7-11,15,18-19H,5-6,12-13H2,1-4H3. The van der Waals surface area contributed by atoms with Crippen molar-refractivity contribution in [2.24, 2.45) is 0 Å². The van der Waals surface area contributed by atoms with Gasteiger partial charge in [0.15, 0.2) is 0 Å². The summed E-state index contributed by atoms with van der Waals surface area (Å²) >= 11 is 0. The Balaban J connectivity index is 3.19. The lowest BCUT2D eigenvalue weighted by Gasteiger charge is -2.42. The Morgan fingerprint density at radius 3 is 1.68 bits per heavy atom. The molecule has 2 N–H and O–H groups in total. The van der Waals surface area contributed by atoms with Crippen LogP contribution in [0.1, 0.15) is 64.9 Å². The number of benzene rings is 1. The normalized spacial score (nSPS) is 19.5. The highest BCUT2D eigenvalue weighted by Crippen LogP contribution is 2.42. The maximum atomic E-state index is 10.8. The molecule has 2 nitrogen and oxygen atoms in total. The van der Waals surface area contributed by atoms with Crippen LogP contribution in [0.2, 0.25) is 0 Å². The van der Waals surface area contributed by atoms with Gasteiger partial charge < -0.3 is 10.2 Å². The fourth-order valence-electron chi connectivity index (χ4n) is 3.33. The minimum absolute atomic E-state index is 0.263. The van der Waals surface area contributed by atoms with Crippen molar-refractivity contribution < 1.29 is 10.2 Å². The molecule has 0 saturated carbocycles. The Bertz CT molecular complexity index is 350. The summed E-state index contributed by atoms with van der Waals surface area (Å²) in [5.74, 6) is -0.263. The van der Waals surface area contributed by atoms with Crippen LogP contribution < -0.4 is 0 Å². The van der Waals surface area contributed by atoms with Gasteiger partial charge >= 0.3 is 0 Å². The van der Waals surface area contributed by atoms with E-state index in [0.29, 0.717) is 12.8 Å². The van der Waals surface area contributed by atoms with Crippen LogP contribution in [0.4, 0.5) is 0 Å². The van der Waals surface area contributed by atoms with E-state index in [1.807, 2.05) is 44.2 Å². The Kier molecular flexibility index (Phi) is 5.57. The molecule has 1 rings (SSSR count). The molecule has 0 fully saturated rings. The van der Waals surface area contributed by atoms with E-state index >= 15 is 0 Å². The average Bonchev–Trinajstić information content (AvgIpc) is 2.29. The Labute approximate surface area is 117 Å². The molecule has 19 heavy (non-hydrogen) atoms. The second-order valence-electron chi connectivity index (χ2n) is 6.06. The summed E-state index contributed by atoms with van der Waals surface area (Å²) in [7, 11) is 0. The van der Waals surface area contributed by atoms with Gasteiger partial charge in [0.05, 0.1) is 11.2 Å². The average molecular weight is 264 g/mol. The Hall–Kier alpha value is -0.860. The van der Waals surface area contributed by atoms with Gasteiger partial charge in [-0.25, -0.2) is 0 Å². The third-order valence-electron chi connectivity index (χ3n) is 3.89. The lowest BCUT2D eigenvalue weighted by Crippen LogP contribution is -2.46. The lowest BCUT2D eigenvalue weighted by molar-refractivity contribution is -0.0797. The van der Waals surface area contributed by atoms with Gasteiger partial charge in [0, 0.05) is 5.92 Å². The van der Waals surface area contributed by atoms with Gasteiger partial charge in [0.25, 0.3) is 0 Å². The van der Waals surface area contributed by atoms with E-state index in [1.54, 1.807) is 0 Å². The molecule has 2 atom stereocenters. The fraction of sp³-hybridized carbons (Fsp3) is 0.647. The molecular formula is C17H28O2. The summed E-state index contributed by atoms with van der Waals surface area (Å²) in [6.07, 6.45) is 3.18. The summed E-state index contributed by atoms with van der Waals surface area (Å²) in [4.78, 5) is 0. The van der Waals surface area contributed by atoms with Crippen LogP contribution in [0.5, 0.6) is 0 Å². The van der Waals surface area contributed by atoms with Gasteiger partial charge in [0.1, 0.15) is 0 Å². The third kappa shape index (κ3) is 4.05. The molecule has 0 spiro atoms. The highest BCUT2D eigenvalue weighted by atomic mass is 16.3. The summed E-state index contributed by atoms with van der Waals surface area (Å²) in [6.45, 7) is 7.81. The van der Waals surface area contributed by atoms with Crippen LogP contribution in [0.25, 0.3) is 0 Å². The minimum atomic E-state index is -0.894. The van der Waals surface area contributed by atoms with Crippen LogP contribution in [-0.2, 0) is 0 Å². The largest absolute Gasteiger partial charge is 0.389 e. The highest BCUT2D eigenvalue weighted by molar-refractivity contribution is 5.26. The van der Waals surface area contributed by atoms with Gasteiger partial charge in [-0.1, -0.05) is 57.0 Å². The highest BCUT2D eigenvalue weighted by Gasteiger charge is 2.43. The lowest BCUT2D eigenvalue weighted by atomic mass is 9.69. The van der Waals surface area contributed by atoms with Gasteiger partial charge in [0.2, 0.25) is 0 Å². The molecule has 0 aromatic heterocycles. The molecule has 1 aromatic rings. The van der Waals surface area contributed by atoms with E-state index in [1.165, 1.54) is 0 Å². The monoisotopic (exact) mass is 264 g/mol. The first-order valence-electron chi connectivity index (χ1n) is 7.35. The van der Waals surface area contributed by atoms with Crippen molar-refractivity contribution in [2.75, 3.05) is 0 Å². The molecular weight excluding hydrogens is 236 g/mol. The fourth-order valence-corrected chi connectivity index (χ4v) is 3.33. The van der Waals surface area contributed by atoms with Crippen LogP contribution in [0.15, 0.2) is 30.3 Å². The van der Waals surface area contributed by atoms with Gasteiger partial charge in [-0.3, -0.25) is 0 Å². The molecule has 0 amide bonds. The predicted octanol–water partition coefficient (Wildman–Crippen LogP) is 3.87. The molecule has 0 bridgehead atoms. The van der Waals surface area contributed by atoms with Crippen molar-refractivity contribution in [1.29, 1.82) is 0 Å². The van der Waals surface area contributed by atoms with Crippen molar-refractivity contribution >= 4 is 0 Å². The van der Waals surface area contributed by atoms with E-state index < -0.39 is 11.2 Å². The Morgan fingerprint density at radius 2 is 1.32 bits per heavy atom. The summed E-state index contributed by atoms with van der Waals surface area (Å²) < 4.78 is 0. The molecule has 0 radical (unpaired) electrons. The van der Waals surface area contributed by atoms with E-state index in [2.05, 4.69) is 13.8 Å². The molecule has 1 aromatic carbocycles. The van der Waals surface area contributed by atoms with Gasteiger partial charge in [-0.05, 0) is 32.3 Å². The topological polar surface area (TPSA) is 40.5 Å². The van der Waals surface area contributed by atoms with E-state index in [-0.39, 0.29) is 5.92 Å². The zero-order chi connectivity index (χ0) is 14.5. The predicted molar refractivity (Wildman–Crippen MR) is 80.2 cm³/mol. The van der Waals surface area contributed by atoms with Crippen molar-refractivity contribution in [3.8, 4) is 0 Å². The number of rotatable bonds is 7. The van der Waals surface area contributed by atoms with E-state index in [9.17, 15) is 10.2 Å². The molecule has 2 heteroatoms. The second-order valence-corrected chi connectivity index (χ2v) is 6.06. The molecule has 0 saturated heterocycles. The first-order chi connectivity index (χ1) is 8.85. The van der Waals surface area contributed by atoms with Crippen LogP contribution in [-0.4, -0.2) is 21.4 Å². The number of hydrogen-bond acceptors (Lipinski definition) is 2. The first kappa shape index (κ1) is 16.2. The minimum Gasteiger partial charge on any atom is -0.389 e. The third-order valence-corrected chi connectivity index (χ3v) is 3.89. The molecule has 0 aliphatic heterocycles. The van der Waals surface area contributed by atoms with Crippen LogP contribution in [0, 0.1) is 0 Å². The zero-order valence-corrected chi connectivity index (χ0v) is 12.7.